The number of amides is 1. The number of hydrogen-bond donors (Lipinski definition) is 1. The highest BCUT2D eigenvalue weighted by molar-refractivity contribution is 7.99. The number of aromatic nitrogens is 4. The van der Waals surface area contributed by atoms with Gasteiger partial charge in [-0.25, -0.2) is 0 Å². The Kier molecular flexibility index (Phi) is 6.80. The van der Waals surface area contributed by atoms with Gasteiger partial charge in [0.25, 0.3) is 0 Å². The molecule has 4 heterocycles. The van der Waals surface area contributed by atoms with Crippen molar-refractivity contribution in [3.8, 4) is 11.6 Å². The Bertz CT molecular complexity index is 1100. The number of aryl methyl sites for hydroxylation is 1. The van der Waals surface area contributed by atoms with Gasteiger partial charge in [0.1, 0.15) is 0 Å². The Labute approximate surface area is 190 Å². The summed E-state index contributed by atoms with van der Waals surface area (Å²) in [6.07, 6.45) is 4.03. The van der Waals surface area contributed by atoms with Crippen LogP contribution in [0.2, 0.25) is 0 Å². The van der Waals surface area contributed by atoms with Crippen LogP contribution in [0.15, 0.2) is 34.0 Å². The molecule has 0 radical (unpaired) electrons. The molecule has 1 amide bonds. The number of rotatable bonds is 10. The van der Waals surface area contributed by atoms with Gasteiger partial charge < -0.3 is 19.5 Å². The molecule has 4 rings (SSSR count). The van der Waals surface area contributed by atoms with Crippen LogP contribution in [0.25, 0.3) is 11.6 Å². The Morgan fingerprint density at radius 3 is 2.81 bits per heavy atom. The number of ketones is 1. The fraction of sp³-hybridized carbons (Fsp3) is 0.455. The lowest BCUT2D eigenvalue weighted by Gasteiger charge is -2.14. The Morgan fingerprint density at radius 1 is 1.28 bits per heavy atom. The van der Waals surface area contributed by atoms with Crippen LogP contribution in [0.5, 0.6) is 0 Å². The minimum Gasteiger partial charge on any atom is -0.461 e. The topological polar surface area (TPSA) is 118 Å². The molecular weight excluding hydrogens is 430 g/mol. The van der Waals surface area contributed by atoms with Gasteiger partial charge in [-0.2, -0.15) is 0 Å². The van der Waals surface area contributed by atoms with Gasteiger partial charge in [-0.1, -0.05) is 11.8 Å². The van der Waals surface area contributed by atoms with Crippen molar-refractivity contribution in [2.24, 2.45) is 5.73 Å². The molecule has 0 saturated carbocycles. The minimum absolute atomic E-state index is 0.0192. The van der Waals surface area contributed by atoms with Gasteiger partial charge in [-0.05, 0) is 44.9 Å². The molecule has 2 N–H and O–H groups in total. The first-order chi connectivity index (χ1) is 15.4. The van der Waals surface area contributed by atoms with Crippen molar-refractivity contribution in [1.82, 2.24) is 19.3 Å². The van der Waals surface area contributed by atoms with Crippen molar-refractivity contribution in [1.29, 1.82) is 0 Å². The second-order valence-corrected chi connectivity index (χ2v) is 8.84. The van der Waals surface area contributed by atoms with Crippen LogP contribution < -0.4 is 5.73 Å². The number of furan rings is 1. The normalized spacial score (nSPS) is 16.0. The standard InChI is InChI=1S/C22H27N5O4S/c1-14-11-17(15(2)27(14)12-16-5-3-9-30-16)18(28)13-32-22-25-24-21(19-6-4-10-31-19)26(22)8-7-20(23)29/h4,6,10-11,16H,3,5,7-9,12-13H2,1-2H3,(H2,23,29)/t16-/m1/s1. The van der Waals surface area contributed by atoms with E-state index in [9.17, 15) is 9.59 Å². The fourth-order valence-electron chi connectivity index (χ4n) is 3.97. The van der Waals surface area contributed by atoms with Crippen LogP contribution in [0, 0.1) is 13.8 Å². The quantitative estimate of drug-likeness (QED) is 0.367. The van der Waals surface area contributed by atoms with E-state index >= 15 is 0 Å². The fourth-order valence-corrected chi connectivity index (χ4v) is 4.82. The van der Waals surface area contributed by atoms with Gasteiger partial charge in [-0.3, -0.25) is 14.2 Å². The molecular formula is C22H27N5O4S. The number of hydrogen-bond acceptors (Lipinski definition) is 7. The first kappa shape index (κ1) is 22.3. The zero-order valence-corrected chi connectivity index (χ0v) is 19.1. The molecule has 0 aromatic carbocycles. The average molecular weight is 458 g/mol. The molecule has 0 bridgehead atoms. The molecule has 0 aliphatic carbocycles. The van der Waals surface area contributed by atoms with E-state index in [1.165, 1.54) is 11.8 Å². The van der Waals surface area contributed by atoms with E-state index < -0.39 is 5.91 Å². The van der Waals surface area contributed by atoms with Crippen molar-refractivity contribution in [3.05, 3.63) is 41.4 Å². The van der Waals surface area contributed by atoms with Crippen molar-refractivity contribution in [2.45, 2.75) is 57.5 Å². The first-order valence-corrected chi connectivity index (χ1v) is 11.6. The highest BCUT2D eigenvalue weighted by atomic mass is 32.2. The molecule has 0 unspecified atom stereocenters. The lowest BCUT2D eigenvalue weighted by Crippen LogP contribution is -2.17. The summed E-state index contributed by atoms with van der Waals surface area (Å²) in [7, 11) is 0. The molecule has 1 aliphatic rings. The van der Waals surface area contributed by atoms with E-state index in [1.807, 2.05) is 19.9 Å². The van der Waals surface area contributed by atoms with Crippen LogP contribution in [0.1, 0.15) is 41.0 Å². The van der Waals surface area contributed by atoms with Gasteiger partial charge in [0.05, 0.1) is 18.1 Å². The molecule has 9 nitrogen and oxygen atoms in total. The predicted octanol–water partition coefficient (Wildman–Crippen LogP) is 2.99. The molecule has 10 heteroatoms. The maximum atomic E-state index is 13.0. The van der Waals surface area contributed by atoms with Crippen molar-refractivity contribution in [2.75, 3.05) is 12.4 Å². The maximum absolute atomic E-state index is 13.0. The maximum Gasteiger partial charge on any atom is 0.219 e. The largest absolute Gasteiger partial charge is 0.461 e. The number of primary amides is 1. The predicted molar refractivity (Wildman–Crippen MR) is 119 cm³/mol. The van der Waals surface area contributed by atoms with E-state index in [-0.39, 0.29) is 24.1 Å². The van der Waals surface area contributed by atoms with Crippen molar-refractivity contribution < 1.29 is 18.7 Å². The highest BCUT2D eigenvalue weighted by Gasteiger charge is 2.22. The third kappa shape index (κ3) is 4.81. The third-order valence-electron chi connectivity index (χ3n) is 5.66. The zero-order valence-electron chi connectivity index (χ0n) is 18.2. The number of thioether (sulfide) groups is 1. The average Bonchev–Trinajstić information content (AvgIpc) is 3.55. The zero-order chi connectivity index (χ0) is 22.7. The van der Waals surface area contributed by atoms with Crippen molar-refractivity contribution in [3.63, 3.8) is 0 Å². The summed E-state index contributed by atoms with van der Waals surface area (Å²) in [5.74, 6) is 0.844. The Morgan fingerprint density at radius 2 is 2.12 bits per heavy atom. The molecule has 0 spiro atoms. The molecule has 1 aliphatic heterocycles. The van der Waals surface area contributed by atoms with E-state index in [2.05, 4.69) is 14.8 Å². The summed E-state index contributed by atoms with van der Waals surface area (Å²) in [6.45, 7) is 5.88. The SMILES string of the molecule is Cc1cc(C(=O)CSc2nnc(-c3ccco3)n2CCC(N)=O)c(C)n1C[C@H]1CCCO1. The number of nitrogens with zero attached hydrogens (tertiary/aromatic N) is 4. The second kappa shape index (κ2) is 9.74. The van der Waals surface area contributed by atoms with Crippen LogP contribution in [-0.2, 0) is 22.6 Å². The number of ether oxygens (including phenoxy) is 1. The second-order valence-electron chi connectivity index (χ2n) is 7.89. The van der Waals surface area contributed by atoms with Gasteiger partial charge in [-0.15, -0.1) is 10.2 Å². The summed E-state index contributed by atoms with van der Waals surface area (Å²) in [6, 6.07) is 5.47. The number of Topliss-reactive ketones (excluding diaryl/α,β-unsaturated/α-hetero) is 1. The molecule has 1 saturated heterocycles. The Hall–Kier alpha value is -2.85. The summed E-state index contributed by atoms with van der Waals surface area (Å²) < 4.78 is 15.1. The van der Waals surface area contributed by atoms with E-state index in [0.717, 1.165) is 37.4 Å². The number of carbonyl (C=O) groups excluding carboxylic acids is 2. The van der Waals surface area contributed by atoms with Gasteiger partial charge in [0.2, 0.25) is 5.91 Å². The molecule has 3 aromatic rings. The van der Waals surface area contributed by atoms with Crippen molar-refractivity contribution >= 4 is 23.5 Å². The van der Waals surface area contributed by atoms with E-state index in [1.54, 1.807) is 23.0 Å². The minimum atomic E-state index is -0.421. The molecule has 170 valence electrons. The van der Waals surface area contributed by atoms with E-state index in [0.29, 0.717) is 28.8 Å². The first-order valence-electron chi connectivity index (χ1n) is 10.6. The van der Waals surface area contributed by atoms with Crippen LogP contribution in [0.3, 0.4) is 0 Å². The summed E-state index contributed by atoms with van der Waals surface area (Å²) >= 11 is 1.29. The summed E-state index contributed by atoms with van der Waals surface area (Å²) in [5.41, 5.74) is 8.05. The molecule has 32 heavy (non-hydrogen) atoms. The highest BCUT2D eigenvalue weighted by Crippen LogP contribution is 2.27. The van der Waals surface area contributed by atoms with Gasteiger partial charge >= 0.3 is 0 Å². The van der Waals surface area contributed by atoms with Crippen LogP contribution in [0.4, 0.5) is 0 Å². The smallest absolute Gasteiger partial charge is 0.219 e. The van der Waals surface area contributed by atoms with E-state index in [4.69, 9.17) is 14.9 Å². The number of nitrogens with two attached hydrogens (primary N) is 1. The third-order valence-corrected chi connectivity index (χ3v) is 6.62. The number of carbonyl (C=O) groups is 2. The van der Waals surface area contributed by atoms with Crippen LogP contribution in [-0.4, -0.2) is 49.5 Å². The molecule has 3 aromatic heterocycles. The molecule has 1 atom stereocenters. The summed E-state index contributed by atoms with van der Waals surface area (Å²) in [5, 5.41) is 8.96. The molecule has 1 fully saturated rings. The van der Waals surface area contributed by atoms with Gasteiger partial charge in [0, 0.05) is 43.1 Å². The summed E-state index contributed by atoms with van der Waals surface area (Å²) in [4.78, 5) is 24.4. The lowest BCUT2D eigenvalue weighted by molar-refractivity contribution is -0.118. The van der Waals surface area contributed by atoms with Crippen LogP contribution >= 0.6 is 11.8 Å². The monoisotopic (exact) mass is 457 g/mol. The Balaban J connectivity index is 1.49. The van der Waals surface area contributed by atoms with Gasteiger partial charge in [0.15, 0.2) is 22.5 Å². The lowest BCUT2D eigenvalue weighted by atomic mass is 10.2.